The van der Waals surface area contributed by atoms with Crippen molar-refractivity contribution in [2.75, 3.05) is 0 Å². The molecule has 21 heavy (non-hydrogen) atoms. The number of benzene rings is 1. The Bertz CT molecular complexity index is 550. The molecule has 0 aliphatic heterocycles. The first-order valence-electron chi connectivity index (χ1n) is 6.09. The molecule has 1 saturated carbocycles. The van der Waals surface area contributed by atoms with Crippen LogP contribution in [0.1, 0.15) is 18.4 Å². The van der Waals surface area contributed by atoms with Crippen molar-refractivity contribution in [3.8, 4) is 5.75 Å². The normalized spacial score (nSPS) is 16.1. The van der Waals surface area contributed by atoms with Gasteiger partial charge in [0.15, 0.2) is 0 Å². The first-order chi connectivity index (χ1) is 9.73. The highest BCUT2D eigenvalue weighted by atomic mass is 19.4. The van der Waals surface area contributed by atoms with E-state index in [9.17, 15) is 22.8 Å². The lowest BCUT2D eigenvalue weighted by molar-refractivity contribution is -0.274. The van der Waals surface area contributed by atoms with Crippen molar-refractivity contribution in [3.05, 3.63) is 29.8 Å². The topological polar surface area (TPSA) is 75.6 Å². The second-order valence-electron chi connectivity index (χ2n) is 4.76. The van der Waals surface area contributed by atoms with Crippen molar-refractivity contribution in [3.63, 3.8) is 0 Å². The molecular formula is C13H12F3NO4. The van der Waals surface area contributed by atoms with E-state index in [1.54, 1.807) is 0 Å². The standard InChI is InChI=1S/C13H12F3NO4/c14-13(15,16)21-9-3-1-8(2-4-9)7-17-10(18)12(5-6-12)11(19)20/h1-4H,5-7H2,(H,17,18)(H,19,20). The molecule has 0 bridgehead atoms. The Morgan fingerprint density at radius 2 is 1.81 bits per heavy atom. The van der Waals surface area contributed by atoms with Gasteiger partial charge in [0.1, 0.15) is 11.2 Å². The van der Waals surface area contributed by atoms with Crippen LogP contribution in [0.4, 0.5) is 13.2 Å². The fraction of sp³-hybridized carbons (Fsp3) is 0.385. The molecule has 0 spiro atoms. The second kappa shape index (κ2) is 5.27. The molecule has 0 heterocycles. The fourth-order valence-electron chi connectivity index (χ4n) is 1.82. The van der Waals surface area contributed by atoms with E-state index in [0.29, 0.717) is 18.4 Å². The molecule has 0 radical (unpaired) electrons. The van der Waals surface area contributed by atoms with E-state index in [2.05, 4.69) is 10.1 Å². The van der Waals surface area contributed by atoms with Gasteiger partial charge in [-0.3, -0.25) is 9.59 Å². The van der Waals surface area contributed by atoms with Gasteiger partial charge in [0.2, 0.25) is 5.91 Å². The molecule has 0 saturated heterocycles. The first-order valence-corrected chi connectivity index (χ1v) is 6.09. The van der Waals surface area contributed by atoms with Crippen molar-refractivity contribution in [2.45, 2.75) is 25.7 Å². The molecule has 8 heteroatoms. The molecule has 0 unspecified atom stereocenters. The van der Waals surface area contributed by atoms with Crippen LogP contribution in [-0.2, 0) is 16.1 Å². The Balaban J connectivity index is 1.90. The van der Waals surface area contributed by atoms with Crippen LogP contribution < -0.4 is 10.1 Å². The van der Waals surface area contributed by atoms with Crippen LogP contribution in [0.15, 0.2) is 24.3 Å². The van der Waals surface area contributed by atoms with Gasteiger partial charge in [-0.25, -0.2) is 0 Å². The van der Waals surface area contributed by atoms with Crippen LogP contribution in [0, 0.1) is 5.41 Å². The summed E-state index contributed by atoms with van der Waals surface area (Å²) in [4.78, 5) is 22.7. The minimum Gasteiger partial charge on any atom is -0.480 e. The van der Waals surface area contributed by atoms with E-state index >= 15 is 0 Å². The molecule has 1 aromatic carbocycles. The van der Waals surface area contributed by atoms with E-state index in [1.165, 1.54) is 12.1 Å². The summed E-state index contributed by atoms with van der Waals surface area (Å²) in [6.07, 6.45) is -4.16. The molecule has 2 rings (SSSR count). The lowest BCUT2D eigenvalue weighted by atomic mass is 10.1. The lowest BCUT2D eigenvalue weighted by Gasteiger charge is -2.12. The molecular weight excluding hydrogens is 291 g/mol. The maximum atomic E-state index is 12.0. The number of carboxylic acids is 1. The number of amides is 1. The zero-order valence-electron chi connectivity index (χ0n) is 10.7. The highest BCUT2D eigenvalue weighted by molar-refractivity contribution is 6.04. The number of nitrogens with one attached hydrogen (secondary N) is 1. The number of aliphatic carboxylic acids is 1. The van der Waals surface area contributed by atoms with Gasteiger partial charge in [-0.1, -0.05) is 12.1 Å². The third-order valence-electron chi connectivity index (χ3n) is 3.20. The summed E-state index contributed by atoms with van der Waals surface area (Å²) in [6, 6.07) is 4.97. The van der Waals surface area contributed by atoms with Crippen LogP contribution >= 0.6 is 0 Å². The number of carbonyl (C=O) groups excluding carboxylic acids is 1. The molecule has 1 aliphatic carbocycles. The first kappa shape index (κ1) is 15.1. The largest absolute Gasteiger partial charge is 0.573 e. The Morgan fingerprint density at radius 3 is 2.24 bits per heavy atom. The summed E-state index contributed by atoms with van der Waals surface area (Å²) in [5, 5.41) is 11.4. The highest BCUT2D eigenvalue weighted by Crippen LogP contribution is 2.46. The average molecular weight is 303 g/mol. The van der Waals surface area contributed by atoms with E-state index in [0.717, 1.165) is 12.1 Å². The third-order valence-corrected chi connectivity index (χ3v) is 3.20. The smallest absolute Gasteiger partial charge is 0.480 e. The number of alkyl halides is 3. The summed E-state index contributed by atoms with van der Waals surface area (Å²) >= 11 is 0. The molecule has 2 N–H and O–H groups in total. The van der Waals surface area contributed by atoms with Crippen LogP contribution in [0.2, 0.25) is 0 Å². The molecule has 1 amide bonds. The molecule has 1 aromatic rings. The van der Waals surface area contributed by atoms with Crippen molar-refractivity contribution < 1.29 is 32.6 Å². The van der Waals surface area contributed by atoms with Crippen molar-refractivity contribution in [2.24, 2.45) is 5.41 Å². The van der Waals surface area contributed by atoms with Gasteiger partial charge in [-0.15, -0.1) is 13.2 Å². The minimum atomic E-state index is -4.75. The van der Waals surface area contributed by atoms with Gasteiger partial charge >= 0.3 is 12.3 Å². The van der Waals surface area contributed by atoms with E-state index in [4.69, 9.17) is 5.11 Å². The molecule has 1 aliphatic rings. The number of hydrogen-bond donors (Lipinski definition) is 2. The number of ether oxygens (including phenoxy) is 1. The summed E-state index contributed by atoms with van der Waals surface area (Å²) in [5.41, 5.74) is -0.793. The zero-order valence-corrected chi connectivity index (χ0v) is 10.7. The molecule has 5 nitrogen and oxygen atoms in total. The van der Waals surface area contributed by atoms with Gasteiger partial charge in [0.25, 0.3) is 0 Å². The van der Waals surface area contributed by atoms with Crippen LogP contribution in [0.3, 0.4) is 0 Å². The van der Waals surface area contributed by atoms with E-state index in [-0.39, 0.29) is 12.3 Å². The molecule has 0 aromatic heterocycles. The monoisotopic (exact) mass is 303 g/mol. The van der Waals surface area contributed by atoms with Crippen molar-refractivity contribution in [1.29, 1.82) is 0 Å². The fourth-order valence-corrected chi connectivity index (χ4v) is 1.82. The van der Waals surface area contributed by atoms with Gasteiger partial charge in [-0.2, -0.15) is 0 Å². The van der Waals surface area contributed by atoms with Crippen molar-refractivity contribution in [1.82, 2.24) is 5.32 Å². The average Bonchev–Trinajstić information content (AvgIpc) is 3.17. The van der Waals surface area contributed by atoms with Crippen LogP contribution in [0.25, 0.3) is 0 Å². The Kier molecular flexibility index (Phi) is 3.80. The lowest BCUT2D eigenvalue weighted by Crippen LogP contribution is -2.36. The summed E-state index contributed by atoms with van der Waals surface area (Å²) in [6.45, 7) is 0.0418. The van der Waals surface area contributed by atoms with Gasteiger partial charge < -0.3 is 15.2 Å². The van der Waals surface area contributed by atoms with Gasteiger partial charge in [0, 0.05) is 6.54 Å². The predicted octanol–water partition coefficient (Wildman–Crippen LogP) is 2.07. The number of rotatable bonds is 5. The second-order valence-corrected chi connectivity index (χ2v) is 4.76. The quantitative estimate of drug-likeness (QED) is 0.817. The number of carboxylic acid groups (broad SMARTS) is 1. The van der Waals surface area contributed by atoms with E-state index < -0.39 is 23.7 Å². The molecule has 114 valence electrons. The molecule has 1 fully saturated rings. The van der Waals surface area contributed by atoms with Crippen molar-refractivity contribution >= 4 is 11.9 Å². The molecule has 0 atom stereocenters. The van der Waals surface area contributed by atoms with Gasteiger partial charge in [-0.05, 0) is 30.5 Å². The Hall–Kier alpha value is -2.25. The minimum absolute atomic E-state index is 0.0418. The zero-order chi connectivity index (χ0) is 15.7. The summed E-state index contributed by atoms with van der Waals surface area (Å²) in [7, 11) is 0. The highest BCUT2D eigenvalue weighted by Gasteiger charge is 2.56. The van der Waals surface area contributed by atoms with Gasteiger partial charge in [0.05, 0.1) is 0 Å². The number of halogens is 3. The Labute approximate surface area is 117 Å². The maximum Gasteiger partial charge on any atom is 0.573 e. The summed E-state index contributed by atoms with van der Waals surface area (Å²) in [5.74, 6) is -2.10. The Morgan fingerprint density at radius 1 is 1.24 bits per heavy atom. The van der Waals surface area contributed by atoms with Crippen LogP contribution in [-0.4, -0.2) is 23.3 Å². The number of carbonyl (C=O) groups is 2. The third kappa shape index (κ3) is 3.65. The maximum absolute atomic E-state index is 12.0. The predicted molar refractivity (Wildman–Crippen MR) is 64.3 cm³/mol. The van der Waals surface area contributed by atoms with E-state index in [1.807, 2.05) is 0 Å². The number of hydrogen-bond acceptors (Lipinski definition) is 3. The summed E-state index contributed by atoms with van der Waals surface area (Å²) < 4.78 is 39.6. The van der Waals surface area contributed by atoms with Crippen LogP contribution in [0.5, 0.6) is 5.75 Å². The SMILES string of the molecule is O=C(O)C1(C(=O)NCc2ccc(OC(F)(F)F)cc2)CC1.